The zero-order chi connectivity index (χ0) is 15.7. The fourth-order valence-corrected chi connectivity index (χ4v) is 2.86. The van der Waals surface area contributed by atoms with Gasteiger partial charge in [0.15, 0.2) is 0 Å². The van der Waals surface area contributed by atoms with Gasteiger partial charge in [0.05, 0.1) is 5.56 Å². The summed E-state index contributed by atoms with van der Waals surface area (Å²) in [5.74, 6) is -0.882. The van der Waals surface area contributed by atoms with Crippen LogP contribution in [-0.4, -0.2) is 55.6 Å². The van der Waals surface area contributed by atoms with Crippen molar-refractivity contribution in [2.75, 3.05) is 37.6 Å². The number of carbonyl (C=O) groups excluding carboxylic acids is 2. The lowest BCUT2D eigenvalue weighted by Gasteiger charge is -2.34. The maximum Gasteiger partial charge on any atom is 0.321 e. The van der Waals surface area contributed by atoms with Crippen molar-refractivity contribution in [2.24, 2.45) is 0 Å². The molecule has 1 aromatic carbocycles. The topological polar surface area (TPSA) is 64.7 Å². The molecule has 0 spiro atoms. The maximum atomic E-state index is 14.1. The Hall–Kier alpha value is -2.15. The Balaban J connectivity index is 1.89. The molecule has 0 unspecified atom stereocenters. The first kappa shape index (κ1) is 14.8. The van der Waals surface area contributed by atoms with E-state index in [2.05, 4.69) is 10.6 Å². The Bertz CT molecular complexity index is 607. The van der Waals surface area contributed by atoms with Gasteiger partial charge in [0.1, 0.15) is 5.82 Å². The Morgan fingerprint density at radius 2 is 2.14 bits per heavy atom. The molecule has 2 N–H and O–H groups in total. The van der Waals surface area contributed by atoms with Crippen molar-refractivity contribution in [1.82, 2.24) is 15.5 Å². The van der Waals surface area contributed by atoms with E-state index in [1.54, 1.807) is 4.90 Å². The lowest BCUT2D eigenvalue weighted by Crippen LogP contribution is -2.52. The van der Waals surface area contributed by atoms with Crippen LogP contribution in [0.25, 0.3) is 0 Å². The van der Waals surface area contributed by atoms with Crippen LogP contribution in [-0.2, 0) is 0 Å². The first-order chi connectivity index (χ1) is 10.6. The molecule has 0 radical (unpaired) electrons. The van der Waals surface area contributed by atoms with Crippen molar-refractivity contribution in [2.45, 2.75) is 13.0 Å². The van der Waals surface area contributed by atoms with Crippen LogP contribution < -0.4 is 15.5 Å². The van der Waals surface area contributed by atoms with Gasteiger partial charge >= 0.3 is 6.03 Å². The molecule has 0 aliphatic carbocycles. The van der Waals surface area contributed by atoms with Gasteiger partial charge in [-0.15, -0.1) is 0 Å². The molecule has 7 heteroatoms. The second-order valence-electron chi connectivity index (χ2n) is 5.60. The van der Waals surface area contributed by atoms with E-state index in [1.165, 1.54) is 23.1 Å². The van der Waals surface area contributed by atoms with Gasteiger partial charge in [0, 0.05) is 44.5 Å². The van der Waals surface area contributed by atoms with Crippen LogP contribution in [0.5, 0.6) is 0 Å². The predicted molar refractivity (Wildman–Crippen MR) is 80.5 cm³/mol. The van der Waals surface area contributed by atoms with Crippen molar-refractivity contribution < 1.29 is 14.0 Å². The fraction of sp³-hybridized carbons (Fsp3) is 0.467. The molecule has 0 bridgehead atoms. The van der Waals surface area contributed by atoms with Gasteiger partial charge < -0.3 is 15.5 Å². The summed E-state index contributed by atoms with van der Waals surface area (Å²) >= 11 is 0. The Labute approximate surface area is 128 Å². The van der Waals surface area contributed by atoms with E-state index in [1.807, 2.05) is 6.92 Å². The minimum absolute atomic E-state index is 0.0133. The standard InChI is InChI=1S/C15H19FN4O2/c1-10-9-17-4-6-19(10)14(21)12-8-11(2-3-13(12)16)20-7-5-18-15(20)22/h2-3,8,10,17H,4-7,9H2,1H3,(H,18,22)/t10-/m1/s1. The van der Waals surface area contributed by atoms with Crippen LogP contribution in [0.2, 0.25) is 0 Å². The third-order valence-corrected chi connectivity index (χ3v) is 4.11. The number of carbonyl (C=O) groups is 2. The molecule has 1 aromatic rings. The molecule has 0 aromatic heterocycles. The molecule has 2 aliphatic heterocycles. The largest absolute Gasteiger partial charge is 0.336 e. The van der Waals surface area contributed by atoms with Crippen molar-refractivity contribution in [1.29, 1.82) is 0 Å². The summed E-state index contributed by atoms with van der Waals surface area (Å²) in [5, 5.41) is 5.89. The molecule has 6 nitrogen and oxygen atoms in total. The van der Waals surface area contributed by atoms with E-state index in [0.717, 1.165) is 0 Å². The fourth-order valence-electron chi connectivity index (χ4n) is 2.86. The summed E-state index contributed by atoms with van der Waals surface area (Å²) < 4.78 is 14.1. The number of halogens is 1. The highest BCUT2D eigenvalue weighted by Gasteiger charge is 2.28. The number of piperazine rings is 1. The summed E-state index contributed by atoms with van der Waals surface area (Å²) in [6.07, 6.45) is 0. The minimum atomic E-state index is -0.556. The molecule has 1 atom stereocenters. The third-order valence-electron chi connectivity index (χ3n) is 4.11. The molecule has 22 heavy (non-hydrogen) atoms. The molecule has 2 aliphatic rings. The SMILES string of the molecule is C[C@@H]1CNCCN1C(=O)c1cc(N2CCNC2=O)ccc1F. The monoisotopic (exact) mass is 306 g/mol. The average molecular weight is 306 g/mol. The molecule has 118 valence electrons. The second-order valence-corrected chi connectivity index (χ2v) is 5.60. The minimum Gasteiger partial charge on any atom is -0.336 e. The lowest BCUT2D eigenvalue weighted by atomic mass is 10.1. The normalized spacial score (nSPS) is 21.9. The van der Waals surface area contributed by atoms with Gasteiger partial charge in [0.25, 0.3) is 5.91 Å². The van der Waals surface area contributed by atoms with Gasteiger partial charge in [-0.1, -0.05) is 0 Å². The zero-order valence-corrected chi connectivity index (χ0v) is 12.4. The molecule has 2 heterocycles. The van der Waals surface area contributed by atoms with Crippen molar-refractivity contribution in [3.05, 3.63) is 29.6 Å². The average Bonchev–Trinajstić information content (AvgIpc) is 2.94. The Morgan fingerprint density at radius 3 is 2.82 bits per heavy atom. The van der Waals surface area contributed by atoms with Gasteiger partial charge in [-0.25, -0.2) is 9.18 Å². The van der Waals surface area contributed by atoms with Crippen molar-refractivity contribution in [3.8, 4) is 0 Å². The van der Waals surface area contributed by atoms with E-state index >= 15 is 0 Å². The first-order valence-corrected chi connectivity index (χ1v) is 7.44. The number of anilines is 1. The van der Waals surface area contributed by atoms with E-state index in [4.69, 9.17) is 0 Å². The van der Waals surface area contributed by atoms with Crippen LogP contribution in [0.15, 0.2) is 18.2 Å². The third kappa shape index (κ3) is 2.64. The summed E-state index contributed by atoms with van der Waals surface area (Å²) in [5.41, 5.74) is 0.563. The van der Waals surface area contributed by atoms with E-state index in [-0.39, 0.29) is 23.5 Å². The quantitative estimate of drug-likeness (QED) is 0.849. The Morgan fingerprint density at radius 1 is 1.32 bits per heavy atom. The number of urea groups is 1. The van der Waals surface area contributed by atoms with Gasteiger partial charge in [-0.05, 0) is 25.1 Å². The zero-order valence-electron chi connectivity index (χ0n) is 12.4. The maximum absolute atomic E-state index is 14.1. The highest BCUT2D eigenvalue weighted by Crippen LogP contribution is 2.22. The van der Waals surface area contributed by atoms with Crippen molar-refractivity contribution in [3.63, 3.8) is 0 Å². The number of hydrogen-bond donors (Lipinski definition) is 2. The van der Waals surface area contributed by atoms with E-state index in [0.29, 0.717) is 38.4 Å². The molecule has 0 saturated carbocycles. The lowest BCUT2D eigenvalue weighted by molar-refractivity contribution is 0.0651. The highest BCUT2D eigenvalue weighted by atomic mass is 19.1. The van der Waals surface area contributed by atoms with Crippen LogP contribution in [0.4, 0.5) is 14.9 Å². The number of benzene rings is 1. The van der Waals surface area contributed by atoms with Crippen LogP contribution in [0.3, 0.4) is 0 Å². The number of nitrogens with zero attached hydrogens (tertiary/aromatic N) is 2. The molecule has 2 saturated heterocycles. The number of amides is 3. The summed E-state index contributed by atoms with van der Waals surface area (Å²) in [7, 11) is 0. The molecular weight excluding hydrogens is 287 g/mol. The molecule has 3 amide bonds. The van der Waals surface area contributed by atoms with Crippen molar-refractivity contribution >= 4 is 17.6 Å². The number of rotatable bonds is 2. The Kier molecular flexibility index (Phi) is 3.98. The van der Waals surface area contributed by atoms with Crippen LogP contribution >= 0.6 is 0 Å². The number of hydrogen-bond acceptors (Lipinski definition) is 3. The smallest absolute Gasteiger partial charge is 0.321 e. The van der Waals surface area contributed by atoms with E-state index in [9.17, 15) is 14.0 Å². The highest BCUT2D eigenvalue weighted by molar-refractivity contribution is 5.98. The summed E-state index contributed by atoms with van der Waals surface area (Å²) in [4.78, 5) is 27.5. The van der Waals surface area contributed by atoms with E-state index < -0.39 is 5.82 Å². The predicted octanol–water partition coefficient (Wildman–Crippen LogP) is 0.789. The molecular formula is C15H19FN4O2. The number of nitrogens with one attached hydrogen (secondary N) is 2. The summed E-state index contributed by atoms with van der Waals surface area (Å²) in [6, 6.07) is 4.04. The van der Waals surface area contributed by atoms with Crippen LogP contribution in [0.1, 0.15) is 17.3 Å². The van der Waals surface area contributed by atoms with Gasteiger partial charge in [-0.2, -0.15) is 0 Å². The van der Waals surface area contributed by atoms with Gasteiger partial charge in [0.2, 0.25) is 0 Å². The molecule has 3 rings (SSSR count). The molecule has 2 fully saturated rings. The van der Waals surface area contributed by atoms with Crippen LogP contribution in [0, 0.1) is 5.82 Å². The van der Waals surface area contributed by atoms with Gasteiger partial charge in [-0.3, -0.25) is 9.69 Å². The second kappa shape index (κ2) is 5.92. The summed E-state index contributed by atoms with van der Waals surface area (Å²) in [6.45, 7) is 4.94. The first-order valence-electron chi connectivity index (χ1n) is 7.44.